The number of aryl methyl sites for hydroxylation is 1. The molecule has 6 heteroatoms. The quantitative estimate of drug-likeness (QED) is 0.758. The van der Waals surface area contributed by atoms with Crippen molar-refractivity contribution < 1.29 is 4.79 Å². The maximum absolute atomic E-state index is 12.4. The van der Waals surface area contributed by atoms with Gasteiger partial charge >= 0.3 is 0 Å². The third-order valence-corrected chi connectivity index (χ3v) is 5.89. The molecule has 1 amide bonds. The largest absolute Gasteiger partial charge is 0.359 e. The summed E-state index contributed by atoms with van der Waals surface area (Å²) in [5, 5.41) is 8.09. The highest BCUT2D eigenvalue weighted by molar-refractivity contribution is 7.17. The van der Waals surface area contributed by atoms with E-state index in [0.29, 0.717) is 17.5 Å². The molecule has 3 rings (SSSR count). The lowest BCUT2D eigenvalue weighted by Crippen LogP contribution is -2.25. The second-order valence-electron chi connectivity index (χ2n) is 6.55. The summed E-state index contributed by atoms with van der Waals surface area (Å²) in [6.45, 7) is 2.50. The van der Waals surface area contributed by atoms with E-state index in [0.717, 1.165) is 27.8 Å². The van der Waals surface area contributed by atoms with Gasteiger partial charge in [0.2, 0.25) is 0 Å². The van der Waals surface area contributed by atoms with Crippen LogP contribution in [0.1, 0.15) is 53.0 Å². The van der Waals surface area contributed by atoms with Gasteiger partial charge in [-0.05, 0) is 43.9 Å². The Kier molecular flexibility index (Phi) is 6.32. The molecule has 0 bridgehead atoms. The van der Waals surface area contributed by atoms with Crippen molar-refractivity contribution in [2.45, 2.75) is 51.5 Å². The van der Waals surface area contributed by atoms with Gasteiger partial charge in [-0.1, -0.05) is 54.3 Å². The van der Waals surface area contributed by atoms with Crippen LogP contribution >= 0.6 is 22.9 Å². The molecule has 0 unspecified atom stereocenters. The Morgan fingerprint density at radius 2 is 1.96 bits per heavy atom. The molecule has 1 aromatic carbocycles. The van der Waals surface area contributed by atoms with Gasteiger partial charge in [0.25, 0.3) is 5.91 Å². The number of benzene rings is 1. The number of halogens is 1. The predicted molar refractivity (Wildman–Crippen MR) is 105 cm³/mol. The number of hydrogen-bond donors (Lipinski definition) is 2. The van der Waals surface area contributed by atoms with E-state index in [4.69, 9.17) is 11.6 Å². The summed E-state index contributed by atoms with van der Waals surface area (Å²) < 4.78 is 0. The number of anilines is 1. The van der Waals surface area contributed by atoms with Crippen LogP contribution in [0.25, 0.3) is 0 Å². The number of rotatable bonds is 6. The molecule has 1 aliphatic rings. The SMILES string of the molecule is Cc1nc(NC2CCCCC2)sc1C(=O)NCCc1ccc(Cl)cc1. The van der Waals surface area contributed by atoms with Gasteiger partial charge in [-0.15, -0.1) is 0 Å². The summed E-state index contributed by atoms with van der Waals surface area (Å²) in [5.41, 5.74) is 1.96. The summed E-state index contributed by atoms with van der Waals surface area (Å²) in [6, 6.07) is 8.21. The first-order valence-electron chi connectivity index (χ1n) is 8.88. The molecular weight excluding hydrogens is 354 g/mol. The lowest BCUT2D eigenvalue weighted by atomic mass is 9.96. The minimum atomic E-state index is -0.0411. The molecule has 25 heavy (non-hydrogen) atoms. The Hall–Kier alpha value is -1.59. The first-order chi connectivity index (χ1) is 12.1. The first-order valence-corrected chi connectivity index (χ1v) is 10.1. The zero-order valence-electron chi connectivity index (χ0n) is 14.5. The molecule has 1 saturated carbocycles. The molecule has 0 radical (unpaired) electrons. The van der Waals surface area contributed by atoms with Gasteiger partial charge in [-0.3, -0.25) is 4.79 Å². The van der Waals surface area contributed by atoms with Crippen molar-refractivity contribution in [1.29, 1.82) is 0 Å². The van der Waals surface area contributed by atoms with Gasteiger partial charge in [0.05, 0.1) is 5.69 Å². The standard InChI is InChI=1S/C19H24ClN3OS/c1-13-17(25-19(22-13)23-16-5-3-2-4-6-16)18(24)21-12-11-14-7-9-15(20)10-8-14/h7-10,16H,2-6,11-12H2,1H3,(H,21,24)(H,22,23). The monoisotopic (exact) mass is 377 g/mol. The predicted octanol–water partition coefficient (Wildman–Crippen LogP) is 4.82. The third-order valence-electron chi connectivity index (χ3n) is 4.55. The minimum absolute atomic E-state index is 0.0411. The second-order valence-corrected chi connectivity index (χ2v) is 7.98. The van der Waals surface area contributed by atoms with Crippen molar-refractivity contribution in [3.8, 4) is 0 Å². The van der Waals surface area contributed by atoms with Gasteiger partial charge < -0.3 is 10.6 Å². The van der Waals surface area contributed by atoms with Crippen molar-refractivity contribution in [2.24, 2.45) is 0 Å². The van der Waals surface area contributed by atoms with Crippen molar-refractivity contribution in [3.63, 3.8) is 0 Å². The zero-order valence-corrected chi connectivity index (χ0v) is 16.1. The summed E-state index contributed by atoms with van der Waals surface area (Å²) >= 11 is 7.34. The maximum atomic E-state index is 12.4. The van der Waals surface area contributed by atoms with Crippen LogP contribution in [0.4, 0.5) is 5.13 Å². The van der Waals surface area contributed by atoms with Crippen LogP contribution < -0.4 is 10.6 Å². The van der Waals surface area contributed by atoms with E-state index >= 15 is 0 Å². The fourth-order valence-corrected chi connectivity index (χ4v) is 4.23. The van der Waals surface area contributed by atoms with Crippen molar-refractivity contribution >= 4 is 34.0 Å². The van der Waals surface area contributed by atoms with Crippen LogP contribution in [0.15, 0.2) is 24.3 Å². The highest BCUT2D eigenvalue weighted by atomic mass is 35.5. The number of nitrogens with zero attached hydrogens (tertiary/aromatic N) is 1. The van der Waals surface area contributed by atoms with Crippen molar-refractivity contribution in [2.75, 3.05) is 11.9 Å². The Balaban J connectivity index is 1.52. The Bertz CT molecular complexity index is 708. The molecule has 1 fully saturated rings. The fraction of sp³-hybridized carbons (Fsp3) is 0.474. The molecule has 1 aromatic heterocycles. The molecule has 134 valence electrons. The molecule has 0 spiro atoms. The van der Waals surface area contributed by atoms with E-state index in [2.05, 4.69) is 15.6 Å². The number of thiazole rings is 1. The molecule has 1 heterocycles. The molecule has 1 aliphatic carbocycles. The Labute approximate surface area is 158 Å². The number of amides is 1. The van der Waals surface area contributed by atoms with Gasteiger partial charge in [-0.2, -0.15) is 0 Å². The molecular formula is C19H24ClN3OS. The summed E-state index contributed by atoms with van der Waals surface area (Å²) in [4.78, 5) is 17.7. The van der Waals surface area contributed by atoms with Crippen LogP contribution in [-0.4, -0.2) is 23.5 Å². The average molecular weight is 378 g/mol. The van der Waals surface area contributed by atoms with Crippen molar-refractivity contribution in [3.05, 3.63) is 45.4 Å². The first kappa shape index (κ1) is 18.2. The highest BCUT2D eigenvalue weighted by Crippen LogP contribution is 2.26. The van der Waals surface area contributed by atoms with Crippen molar-refractivity contribution in [1.82, 2.24) is 10.3 Å². The lowest BCUT2D eigenvalue weighted by Gasteiger charge is -2.22. The summed E-state index contributed by atoms with van der Waals surface area (Å²) in [5.74, 6) is -0.0411. The molecule has 2 aromatic rings. The molecule has 0 saturated heterocycles. The van der Waals surface area contributed by atoms with Gasteiger partial charge in [0.1, 0.15) is 4.88 Å². The number of hydrogen-bond acceptors (Lipinski definition) is 4. The lowest BCUT2D eigenvalue weighted by molar-refractivity contribution is 0.0957. The van der Waals surface area contributed by atoms with Crippen LogP contribution in [0.5, 0.6) is 0 Å². The van der Waals surface area contributed by atoms with Gasteiger partial charge in [0.15, 0.2) is 5.13 Å². The summed E-state index contributed by atoms with van der Waals surface area (Å²) in [6.07, 6.45) is 7.06. The topological polar surface area (TPSA) is 54.0 Å². The van der Waals surface area contributed by atoms with Gasteiger partial charge in [-0.25, -0.2) is 4.98 Å². The van der Waals surface area contributed by atoms with Crippen LogP contribution in [0, 0.1) is 6.92 Å². The van der Waals surface area contributed by atoms with Crippen LogP contribution in [0.2, 0.25) is 5.02 Å². The fourth-order valence-electron chi connectivity index (χ4n) is 3.14. The van der Waals surface area contributed by atoms with Crippen LogP contribution in [0.3, 0.4) is 0 Å². The second kappa shape index (κ2) is 8.68. The minimum Gasteiger partial charge on any atom is -0.359 e. The highest BCUT2D eigenvalue weighted by Gasteiger charge is 2.18. The van der Waals surface area contributed by atoms with E-state index < -0.39 is 0 Å². The molecule has 4 nitrogen and oxygen atoms in total. The number of aromatic nitrogens is 1. The average Bonchev–Trinajstić information content (AvgIpc) is 2.98. The summed E-state index contributed by atoms with van der Waals surface area (Å²) in [7, 11) is 0. The normalized spacial score (nSPS) is 15.1. The molecule has 0 atom stereocenters. The third kappa shape index (κ3) is 5.19. The Morgan fingerprint density at radius 3 is 2.68 bits per heavy atom. The number of carbonyl (C=O) groups is 1. The van der Waals surface area contributed by atoms with E-state index in [1.807, 2.05) is 31.2 Å². The van der Waals surface area contributed by atoms with Gasteiger partial charge in [0, 0.05) is 17.6 Å². The number of carbonyl (C=O) groups excluding carboxylic acids is 1. The van der Waals surface area contributed by atoms with E-state index in [1.54, 1.807) is 0 Å². The zero-order chi connectivity index (χ0) is 17.6. The van der Waals surface area contributed by atoms with E-state index in [1.165, 1.54) is 43.4 Å². The molecule has 2 N–H and O–H groups in total. The Morgan fingerprint density at radius 1 is 1.24 bits per heavy atom. The van der Waals surface area contributed by atoms with E-state index in [-0.39, 0.29) is 5.91 Å². The number of nitrogens with one attached hydrogen (secondary N) is 2. The smallest absolute Gasteiger partial charge is 0.263 e. The maximum Gasteiger partial charge on any atom is 0.263 e. The van der Waals surface area contributed by atoms with E-state index in [9.17, 15) is 4.79 Å². The van der Waals surface area contributed by atoms with Crippen LogP contribution in [-0.2, 0) is 6.42 Å². The molecule has 0 aliphatic heterocycles.